The van der Waals surface area contributed by atoms with Crippen molar-refractivity contribution in [3.05, 3.63) is 51.4 Å². The van der Waals surface area contributed by atoms with Crippen molar-refractivity contribution in [3.8, 4) is 11.8 Å². The van der Waals surface area contributed by atoms with Crippen molar-refractivity contribution in [1.82, 2.24) is 9.78 Å². The molecule has 1 aromatic heterocycles. The molecule has 0 aliphatic rings. The Hall–Kier alpha value is -3.14. The molecule has 1 heterocycles. The summed E-state index contributed by atoms with van der Waals surface area (Å²) in [4.78, 5) is 24.5. The summed E-state index contributed by atoms with van der Waals surface area (Å²) in [5, 5.41) is 15.9. The van der Waals surface area contributed by atoms with Crippen molar-refractivity contribution in [1.29, 1.82) is 5.26 Å². The number of nitriles is 1. The Bertz CT molecular complexity index is 881. The lowest BCUT2D eigenvalue weighted by atomic mass is 10.1. The first-order valence-electron chi connectivity index (χ1n) is 7.98. The zero-order valence-corrected chi connectivity index (χ0v) is 14.5. The number of amides is 1. The van der Waals surface area contributed by atoms with Crippen LogP contribution in [0.25, 0.3) is 0 Å². The lowest BCUT2D eigenvalue weighted by Gasteiger charge is -2.13. The van der Waals surface area contributed by atoms with Crippen molar-refractivity contribution in [2.75, 3.05) is 11.9 Å². The molecular weight excluding hydrogens is 320 g/mol. The van der Waals surface area contributed by atoms with Crippen LogP contribution in [-0.2, 0) is 11.3 Å². The van der Waals surface area contributed by atoms with Crippen molar-refractivity contribution >= 4 is 11.6 Å². The van der Waals surface area contributed by atoms with Gasteiger partial charge < -0.3 is 10.1 Å². The summed E-state index contributed by atoms with van der Waals surface area (Å²) >= 11 is 0. The summed E-state index contributed by atoms with van der Waals surface area (Å²) in [5.74, 6) is 0.144. The number of carbonyl (C=O) groups is 1. The molecule has 1 aromatic carbocycles. The molecule has 2 aromatic rings. The maximum atomic E-state index is 12.3. The number of aromatic nitrogens is 2. The van der Waals surface area contributed by atoms with E-state index >= 15 is 0 Å². The molecule has 0 saturated carbocycles. The average Bonchev–Trinajstić information content (AvgIpc) is 2.59. The molecule has 130 valence electrons. The smallest absolute Gasteiger partial charge is 0.285 e. The lowest BCUT2D eigenvalue weighted by molar-refractivity contribution is -0.117. The summed E-state index contributed by atoms with van der Waals surface area (Å²) in [6.45, 7) is 5.60. The second kappa shape index (κ2) is 8.11. The summed E-state index contributed by atoms with van der Waals surface area (Å²) in [5.41, 5.74) is 1.03. The van der Waals surface area contributed by atoms with E-state index < -0.39 is 11.5 Å². The van der Waals surface area contributed by atoms with E-state index in [1.54, 1.807) is 32.0 Å². The van der Waals surface area contributed by atoms with Gasteiger partial charge in [-0.05, 0) is 38.0 Å². The van der Waals surface area contributed by atoms with Gasteiger partial charge in [0.25, 0.3) is 5.56 Å². The number of aryl methyl sites for hydroxylation is 1. The van der Waals surface area contributed by atoms with Crippen molar-refractivity contribution in [2.24, 2.45) is 0 Å². The SMILES string of the molecule is CCCOc1ccccc1NC(=O)Cn1nc(C)c(C)c(C#N)c1=O. The topological polar surface area (TPSA) is 97.0 Å². The Morgan fingerprint density at radius 1 is 1.36 bits per heavy atom. The van der Waals surface area contributed by atoms with Crippen LogP contribution in [0.15, 0.2) is 29.1 Å². The van der Waals surface area contributed by atoms with Crippen molar-refractivity contribution < 1.29 is 9.53 Å². The van der Waals surface area contributed by atoms with E-state index in [1.807, 2.05) is 19.1 Å². The Morgan fingerprint density at radius 3 is 2.76 bits per heavy atom. The van der Waals surface area contributed by atoms with Crippen LogP contribution in [-0.4, -0.2) is 22.3 Å². The first-order valence-corrected chi connectivity index (χ1v) is 7.98. The second-order valence-corrected chi connectivity index (χ2v) is 5.55. The fraction of sp³-hybridized carbons (Fsp3) is 0.333. The number of ether oxygens (including phenoxy) is 1. The Labute approximate surface area is 145 Å². The fourth-order valence-electron chi connectivity index (χ4n) is 2.24. The third-order valence-electron chi connectivity index (χ3n) is 3.66. The second-order valence-electron chi connectivity index (χ2n) is 5.55. The molecule has 2 rings (SSSR count). The fourth-order valence-corrected chi connectivity index (χ4v) is 2.24. The highest BCUT2D eigenvalue weighted by molar-refractivity contribution is 5.92. The van der Waals surface area contributed by atoms with E-state index in [0.29, 0.717) is 29.3 Å². The normalized spacial score (nSPS) is 10.2. The molecule has 25 heavy (non-hydrogen) atoms. The monoisotopic (exact) mass is 340 g/mol. The predicted octanol–water partition coefficient (Wildman–Crippen LogP) is 2.16. The predicted molar refractivity (Wildman–Crippen MR) is 93.5 cm³/mol. The van der Waals surface area contributed by atoms with Crippen LogP contribution in [0.4, 0.5) is 5.69 Å². The first kappa shape index (κ1) is 18.2. The highest BCUT2D eigenvalue weighted by atomic mass is 16.5. The number of anilines is 1. The Kier molecular flexibility index (Phi) is 5.90. The van der Waals surface area contributed by atoms with Gasteiger partial charge in [-0.15, -0.1) is 0 Å². The lowest BCUT2D eigenvalue weighted by Crippen LogP contribution is -2.32. The molecule has 0 radical (unpaired) electrons. The maximum Gasteiger partial charge on any atom is 0.285 e. The average molecular weight is 340 g/mol. The molecule has 0 spiro atoms. The van der Waals surface area contributed by atoms with Crippen LogP contribution in [0.2, 0.25) is 0 Å². The van der Waals surface area contributed by atoms with Gasteiger partial charge in [0, 0.05) is 0 Å². The summed E-state index contributed by atoms with van der Waals surface area (Å²) < 4.78 is 6.60. The third kappa shape index (κ3) is 4.23. The molecule has 0 atom stereocenters. The highest BCUT2D eigenvalue weighted by Crippen LogP contribution is 2.23. The van der Waals surface area contributed by atoms with Gasteiger partial charge >= 0.3 is 0 Å². The van der Waals surface area contributed by atoms with Crippen molar-refractivity contribution in [2.45, 2.75) is 33.7 Å². The number of hydrogen-bond acceptors (Lipinski definition) is 5. The van der Waals surface area contributed by atoms with E-state index in [1.165, 1.54) is 0 Å². The Morgan fingerprint density at radius 2 is 2.08 bits per heavy atom. The summed E-state index contributed by atoms with van der Waals surface area (Å²) in [6, 6.07) is 8.96. The van der Waals surface area contributed by atoms with Crippen LogP contribution in [0.3, 0.4) is 0 Å². The van der Waals surface area contributed by atoms with Gasteiger partial charge in [0.05, 0.1) is 18.0 Å². The molecule has 0 saturated heterocycles. The highest BCUT2D eigenvalue weighted by Gasteiger charge is 2.15. The van der Waals surface area contributed by atoms with Gasteiger partial charge in [-0.1, -0.05) is 19.1 Å². The van der Waals surface area contributed by atoms with Gasteiger partial charge in [-0.2, -0.15) is 10.4 Å². The van der Waals surface area contributed by atoms with Gasteiger partial charge in [0.2, 0.25) is 5.91 Å². The quantitative estimate of drug-likeness (QED) is 0.869. The zero-order valence-electron chi connectivity index (χ0n) is 14.5. The van der Waals surface area contributed by atoms with Gasteiger partial charge in [-0.25, -0.2) is 4.68 Å². The van der Waals surface area contributed by atoms with Crippen LogP contribution < -0.4 is 15.6 Å². The standard InChI is InChI=1S/C18H20N4O3/c1-4-9-25-16-8-6-5-7-15(16)20-17(23)11-22-18(24)14(10-19)12(2)13(3)21-22/h5-8H,4,9,11H2,1-3H3,(H,20,23). The number of hydrogen-bond donors (Lipinski definition) is 1. The van der Waals surface area contributed by atoms with Crippen LogP contribution in [0.1, 0.15) is 30.2 Å². The molecule has 1 amide bonds. The summed E-state index contributed by atoms with van der Waals surface area (Å²) in [6.07, 6.45) is 0.848. The zero-order chi connectivity index (χ0) is 18.4. The first-order chi connectivity index (χ1) is 12.0. The third-order valence-corrected chi connectivity index (χ3v) is 3.66. The van der Waals surface area contributed by atoms with E-state index in [9.17, 15) is 9.59 Å². The molecular formula is C18H20N4O3. The van der Waals surface area contributed by atoms with E-state index in [2.05, 4.69) is 10.4 Å². The van der Waals surface area contributed by atoms with Gasteiger partial charge in [0.1, 0.15) is 23.9 Å². The minimum atomic E-state index is -0.573. The van der Waals surface area contributed by atoms with Gasteiger partial charge in [-0.3, -0.25) is 9.59 Å². The van der Waals surface area contributed by atoms with E-state index in [0.717, 1.165) is 11.1 Å². The maximum absolute atomic E-state index is 12.3. The largest absolute Gasteiger partial charge is 0.491 e. The number of para-hydroxylation sites is 2. The van der Waals surface area contributed by atoms with Gasteiger partial charge in [0.15, 0.2) is 0 Å². The number of rotatable bonds is 6. The molecule has 0 aliphatic carbocycles. The molecule has 7 nitrogen and oxygen atoms in total. The minimum Gasteiger partial charge on any atom is -0.491 e. The molecule has 0 aliphatic heterocycles. The molecule has 0 bridgehead atoms. The molecule has 0 unspecified atom stereocenters. The van der Waals surface area contributed by atoms with E-state index in [4.69, 9.17) is 10.00 Å². The Balaban J connectivity index is 2.21. The van der Waals surface area contributed by atoms with Crippen LogP contribution in [0, 0.1) is 25.2 Å². The van der Waals surface area contributed by atoms with E-state index in [-0.39, 0.29) is 12.1 Å². The van der Waals surface area contributed by atoms with Crippen LogP contribution >= 0.6 is 0 Å². The molecule has 1 N–H and O–H groups in total. The molecule has 0 fully saturated rings. The van der Waals surface area contributed by atoms with Crippen LogP contribution in [0.5, 0.6) is 5.75 Å². The number of nitrogens with zero attached hydrogens (tertiary/aromatic N) is 3. The number of carbonyl (C=O) groups excluding carboxylic acids is 1. The summed E-state index contributed by atoms with van der Waals surface area (Å²) in [7, 11) is 0. The minimum absolute atomic E-state index is 0.00646. The number of nitrogens with one attached hydrogen (secondary N) is 1. The molecule has 7 heteroatoms. The number of benzene rings is 1. The van der Waals surface area contributed by atoms with Crippen molar-refractivity contribution in [3.63, 3.8) is 0 Å².